The van der Waals surface area contributed by atoms with Crippen molar-refractivity contribution in [1.29, 1.82) is 0 Å². The summed E-state index contributed by atoms with van der Waals surface area (Å²) in [6, 6.07) is 0.809. The standard InChI is InChI=1S/C16H27N3O2/c1-20-12-9-15-17-16(21-18-15)8-7-13-5-4-11-19-10-3-2-6-14(13)19/h13-14H,2-12H2,1H3/t13-,14+/m0/s1. The summed E-state index contributed by atoms with van der Waals surface area (Å²) >= 11 is 0. The van der Waals surface area contributed by atoms with E-state index in [0.29, 0.717) is 6.61 Å². The molecule has 2 saturated heterocycles. The average Bonchev–Trinajstić information content (AvgIpc) is 2.99. The van der Waals surface area contributed by atoms with Crippen molar-refractivity contribution >= 4 is 0 Å². The van der Waals surface area contributed by atoms with Gasteiger partial charge in [0.2, 0.25) is 5.89 Å². The normalized spacial score (nSPS) is 26.7. The highest BCUT2D eigenvalue weighted by atomic mass is 16.5. The van der Waals surface area contributed by atoms with Gasteiger partial charge in [0.05, 0.1) is 6.61 Å². The molecule has 0 N–H and O–H groups in total. The minimum Gasteiger partial charge on any atom is -0.384 e. The Balaban J connectivity index is 1.50. The molecule has 0 radical (unpaired) electrons. The van der Waals surface area contributed by atoms with Crippen LogP contribution >= 0.6 is 0 Å². The van der Waals surface area contributed by atoms with Crippen LogP contribution in [-0.2, 0) is 17.6 Å². The van der Waals surface area contributed by atoms with Gasteiger partial charge in [-0.25, -0.2) is 0 Å². The van der Waals surface area contributed by atoms with Crippen LogP contribution in [0.1, 0.15) is 50.2 Å². The zero-order chi connectivity index (χ0) is 14.5. The third kappa shape index (κ3) is 3.83. The van der Waals surface area contributed by atoms with Gasteiger partial charge >= 0.3 is 0 Å². The molecular formula is C16H27N3O2. The second-order valence-electron chi connectivity index (χ2n) is 6.39. The van der Waals surface area contributed by atoms with Crippen molar-refractivity contribution in [3.05, 3.63) is 11.7 Å². The number of nitrogens with zero attached hydrogens (tertiary/aromatic N) is 3. The molecule has 3 heterocycles. The number of rotatable bonds is 6. The van der Waals surface area contributed by atoms with Crippen molar-refractivity contribution in [2.24, 2.45) is 5.92 Å². The molecular weight excluding hydrogens is 266 g/mol. The zero-order valence-electron chi connectivity index (χ0n) is 13.1. The zero-order valence-corrected chi connectivity index (χ0v) is 13.1. The molecule has 21 heavy (non-hydrogen) atoms. The molecule has 5 nitrogen and oxygen atoms in total. The molecule has 0 unspecified atom stereocenters. The van der Waals surface area contributed by atoms with Crippen LogP contribution in [0.4, 0.5) is 0 Å². The number of piperidine rings is 2. The first-order valence-electron chi connectivity index (χ1n) is 8.41. The summed E-state index contributed by atoms with van der Waals surface area (Å²) in [6.07, 6.45) is 9.74. The van der Waals surface area contributed by atoms with Crippen molar-refractivity contribution < 1.29 is 9.26 Å². The van der Waals surface area contributed by atoms with E-state index in [1.165, 1.54) is 51.6 Å². The number of fused-ring (bicyclic) bond motifs is 1. The van der Waals surface area contributed by atoms with Gasteiger partial charge in [0.1, 0.15) is 0 Å². The summed E-state index contributed by atoms with van der Waals surface area (Å²) < 4.78 is 10.4. The molecule has 2 fully saturated rings. The lowest BCUT2D eigenvalue weighted by Gasteiger charge is -2.44. The molecule has 0 amide bonds. The molecule has 1 aromatic heterocycles. The summed E-state index contributed by atoms with van der Waals surface area (Å²) in [7, 11) is 1.69. The summed E-state index contributed by atoms with van der Waals surface area (Å²) in [5, 5.41) is 4.02. The van der Waals surface area contributed by atoms with Crippen molar-refractivity contribution in [2.75, 3.05) is 26.8 Å². The number of hydrogen-bond donors (Lipinski definition) is 0. The van der Waals surface area contributed by atoms with Crippen LogP contribution in [0.25, 0.3) is 0 Å². The summed E-state index contributed by atoms with van der Waals surface area (Å²) in [4.78, 5) is 7.18. The Hall–Kier alpha value is -0.940. The monoisotopic (exact) mass is 293 g/mol. The predicted molar refractivity (Wildman–Crippen MR) is 80.1 cm³/mol. The maximum Gasteiger partial charge on any atom is 0.226 e. The fourth-order valence-electron chi connectivity index (χ4n) is 3.91. The molecule has 0 saturated carbocycles. The Morgan fingerprint density at radius 2 is 2.10 bits per heavy atom. The molecule has 3 rings (SSSR count). The molecule has 0 aromatic carbocycles. The van der Waals surface area contributed by atoms with Crippen LogP contribution < -0.4 is 0 Å². The topological polar surface area (TPSA) is 51.4 Å². The number of aromatic nitrogens is 2. The van der Waals surface area contributed by atoms with Gasteiger partial charge in [-0.3, -0.25) is 0 Å². The predicted octanol–water partition coefficient (Wildman–Crippen LogP) is 2.46. The van der Waals surface area contributed by atoms with Crippen LogP contribution in [0.3, 0.4) is 0 Å². The van der Waals surface area contributed by atoms with E-state index in [-0.39, 0.29) is 0 Å². The largest absolute Gasteiger partial charge is 0.384 e. The van der Waals surface area contributed by atoms with E-state index in [9.17, 15) is 0 Å². The maximum absolute atomic E-state index is 5.36. The van der Waals surface area contributed by atoms with Gasteiger partial charge in [0.15, 0.2) is 5.82 Å². The van der Waals surface area contributed by atoms with Gasteiger partial charge in [0, 0.05) is 26.0 Å². The van der Waals surface area contributed by atoms with Gasteiger partial charge in [-0.1, -0.05) is 11.6 Å². The van der Waals surface area contributed by atoms with E-state index in [0.717, 1.165) is 36.5 Å². The third-order valence-electron chi connectivity index (χ3n) is 5.00. The van der Waals surface area contributed by atoms with Gasteiger partial charge < -0.3 is 14.2 Å². The van der Waals surface area contributed by atoms with Crippen molar-refractivity contribution in [3.8, 4) is 0 Å². The maximum atomic E-state index is 5.36. The molecule has 0 bridgehead atoms. The first-order valence-corrected chi connectivity index (χ1v) is 8.41. The molecule has 2 atom stereocenters. The average molecular weight is 293 g/mol. The summed E-state index contributed by atoms with van der Waals surface area (Å²) in [5.41, 5.74) is 0. The fourth-order valence-corrected chi connectivity index (χ4v) is 3.91. The highest BCUT2D eigenvalue weighted by Crippen LogP contribution is 2.33. The first-order chi connectivity index (χ1) is 10.4. The van der Waals surface area contributed by atoms with Crippen LogP contribution in [-0.4, -0.2) is 47.9 Å². The lowest BCUT2D eigenvalue weighted by Crippen LogP contribution is -2.48. The van der Waals surface area contributed by atoms with E-state index in [2.05, 4.69) is 15.0 Å². The Morgan fingerprint density at radius 1 is 1.19 bits per heavy atom. The Morgan fingerprint density at radius 3 is 3.00 bits per heavy atom. The highest BCUT2D eigenvalue weighted by molar-refractivity contribution is 4.91. The van der Waals surface area contributed by atoms with E-state index in [1.807, 2.05) is 0 Å². The highest BCUT2D eigenvalue weighted by Gasteiger charge is 2.32. The van der Waals surface area contributed by atoms with Gasteiger partial charge in [-0.2, -0.15) is 4.98 Å². The summed E-state index contributed by atoms with van der Waals surface area (Å²) in [6.45, 7) is 3.27. The van der Waals surface area contributed by atoms with Crippen molar-refractivity contribution in [3.63, 3.8) is 0 Å². The van der Waals surface area contributed by atoms with Crippen LogP contribution in [0.15, 0.2) is 4.52 Å². The van der Waals surface area contributed by atoms with Crippen molar-refractivity contribution in [2.45, 2.75) is 57.4 Å². The van der Waals surface area contributed by atoms with Crippen molar-refractivity contribution in [1.82, 2.24) is 15.0 Å². The number of aryl methyl sites for hydroxylation is 1. The minimum absolute atomic E-state index is 0.651. The molecule has 0 spiro atoms. The fraction of sp³-hybridized carbons (Fsp3) is 0.875. The molecule has 2 aliphatic rings. The second-order valence-corrected chi connectivity index (χ2v) is 6.39. The van der Waals surface area contributed by atoms with Gasteiger partial charge in [0.25, 0.3) is 0 Å². The van der Waals surface area contributed by atoms with Gasteiger partial charge in [-0.15, -0.1) is 0 Å². The molecule has 118 valence electrons. The SMILES string of the molecule is COCCc1noc(CC[C@@H]2CCCN3CCCC[C@H]23)n1. The first kappa shape index (κ1) is 15.0. The quantitative estimate of drug-likeness (QED) is 0.806. The van der Waals surface area contributed by atoms with E-state index in [1.54, 1.807) is 7.11 Å². The van der Waals surface area contributed by atoms with E-state index < -0.39 is 0 Å². The lowest BCUT2D eigenvalue weighted by molar-refractivity contribution is 0.0551. The molecule has 0 aliphatic carbocycles. The van der Waals surface area contributed by atoms with Crippen LogP contribution in [0.2, 0.25) is 0 Å². The Labute approximate surface area is 127 Å². The Bertz CT molecular complexity index is 433. The lowest BCUT2D eigenvalue weighted by atomic mass is 9.81. The molecule has 5 heteroatoms. The van der Waals surface area contributed by atoms with Gasteiger partial charge in [-0.05, 0) is 51.1 Å². The van der Waals surface area contributed by atoms with Crippen LogP contribution in [0.5, 0.6) is 0 Å². The van der Waals surface area contributed by atoms with E-state index in [4.69, 9.17) is 9.26 Å². The number of hydrogen-bond acceptors (Lipinski definition) is 5. The smallest absolute Gasteiger partial charge is 0.226 e. The molecule has 2 aliphatic heterocycles. The summed E-state index contributed by atoms with van der Waals surface area (Å²) in [5.74, 6) is 2.39. The number of methoxy groups -OCH3 is 1. The Kier molecular flexibility index (Phi) is 5.25. The minimum atomic E-state index is 0.651. The van der Waals surface area contributed by atoms with Crippen LogP contribution in [0, 0.1) is 5.92 Å². The third-order valence-corrected chi connectivity index (χ3v) is 5.00. The second kappa shape index (κ2) is 7.36. The van der Waals surface area contributed by atoms with E-state index >= 15 is 0 Å². The molecule has 1 aromatic rings. The number of ether oxygens (including phenoxy) is 1.